The normalized spacial score (nSPS) is 10.9. The van der Waals surface area contributed by atoms with Crippen molar-refractivity contribution in [2.45, 2.75) is 0 Å². The van der Waals surface area contributed by atoms with Gasteiger partial charge in [-0.2, -0.15) is 5.10 Å². The molecule has 0 bridgehead atoms. The lowest BCUT2D eigenvalue weighted by molar-refractivity contribution is -0.123. The maximum absolute atomic E-state index is 12.0. The first-order valence-corrected chi connectivity index (χ1v) is 10.0. The summed E-state index contributed by atoms with van der Waals surface area (Å²) in [5.41, 5.74) is 5.41. The van der Waals surface area contributed by atoms with Crippen molar-refractivity contribution in [3.05, 3.63) is 102 Å². The number of furan rings is 1. The fourth-order valence-corrected chi connectivity index (χ4v) is 3.18. The Hall–Kier alpha value is -3.83. The number of nitrogens with zero attached hydrogens (tertiary/aromatic N) is 1. The van der Waals surface area contributed by atoms with Crippen LogP contribution in [0, 0.1) is 0 Å². The summed E-state index contributed by atoms with van der Waals surface area (Å²) in [5, 5.41) is 4.51. The highest BCUT2D eigenvalue weighted by Gasteiger charge is 2.07. The van der Waals surface area contributed by atoms with Crippen molar-refractivity contribution in [3.8, 4) is 28.2 Å². The molecule has 0 spiro atoms. The van der Waals surface area contributed by atoms with Crippen LogP contribution >= 0.6 is 11.6 Å². The van der Waals surface area contributed by atoms with Crippen molar-refractivity contribution < 1.29 is 13.9 Å². The van der Waals surface area contributed by atoms with Crippen molar-refractivity contribution >= 4 is 23.7 Å². The molecule has 3 aromatic carbocycles. The summed E-state index contributed by atoms with van der Waals surface area (Å²) < 4.78 is 11.2. The molecule has 0 saturated carbocycles. The second-order valence-corrected chi connectivity index (χ2v) is 7.06. The van der Waals surface area contributed by atoms with Crippen molar-refractivity contribution in [2.75, 3.05) is 6.61 Å². The van der Waals surface area contributed by atoms with Gasteiger partial charge in [-0.25, -0.2) is 5.43 Å². The molecule has 0 unspecified atom stereocenters. The highest BCUT2D eigenvalue weighted by Crippen LogP contribution is 2.28. The van der Waals surface area contributed by atoms with Gasteiger partial charge in [-0.3, -0.25) is 4.79 Å². The largest absolute Gasteiger partial charge is 0.484 e. The molecule has 154 valence electrons. The van der Waals surface area contributed by atoms with E-state index < -0.39 is 0 Å². The lowest BCUT2D eigenvalue weighted by atomic mass is 10.1. The SMILES string of the molecule is O=C(COc1ccc(-c2ccccc2)cc1)N/N=C/c1ccc(-c2ccccc2Cl)o1. The lowest BCUT2D eigenvalue weighted by Crippen LogP contribution is -2.24. The number of hydrogen-bond acceptors (Lipinski definition) is 4. The van der Waals surface area contributed by atoms with Gasteiger partial charge < -0.3 is 9.15 Å². The number of hydrogen-bond donors (Lipinski definition) is 1. The molecule has 0 fully saturated rings. The van der Waals surface area contributed by atoms with Crippen molar-refractivity contribution in [2.24, 2.45) is 5.10 Å². The van der Waals surface area contributed by atoms with E-state index in [1.165, 1.54) is 6.21 Å². The predicted octanol–water partition coefficient (Wildman–Crippen LogP) is 5.80. The molecule has 31 heavy (non-hydrogen) atoms. The van der Waals surface area contributed by atoms with Gasteiger partial charge in [0.2, 0.25) is 0 Å². The van der Waals surface area contributed by atoms with Crippen molar-refractivity contribution in [3.63, 3.8) is 0 Å². The highest BCUT2D eigenvalue weighted by molar-refractivity contribution is 6.33. The fourth-order valence-electron chi connectivity index (χ4n) is 2.95. The molecule has 1 amide bonds. The van der Waals surface area contributed by atoms with Gasteiger partial charge in [0.15, 0.2) is 6.61 Å². The highest BCUT2D eigenvalue weighted by atomic mass is 35.5. The van der Waals surface area contributed by atoms with E-state index in [0.29, 0.717) is 22.3 Å². The van der Waals surface area contributed by atoms with Crippen LogP contribution in [0.15, 0.2) is 101 Å². The van der Waals surface area contributed by atoms with Crippen molar-refractivity contribution in [1.82, 2.24) is 5.43 Å². The average Bonchev–Trinajstić information content (AvgIpc) is 3.27. The van der Waals surface area contributed by atoms with Gasteiger partial charge in [0.05, 0.1) is 11.2 Å². The molecule has 0 saturated heterocycles. The van der Waals surface area contributed by atoms with Gasteiger partial charge in [0.1, 0.15) is 17.3 Å². The molecule has 0 radical (unpaired) electrons. The lowest BCUT2D eigenvalue weighted by Gasteiger charge is -2.06. The second kappa shape index (κ2) is 9.78. The third-order valence-corrected chi connectivity index (χ3v) is 4.81. The minimum atomic E-state index is -0.374. The first-order valence-electron chi connectivity index (χ1n) is 9.64. The minimum Gasteiger partial charge on any atom is -0.484 e. The summed E-state index contributed by atoms with van der Waals surface area (Å²) >= 11 is 6.17. The average molecular weight is 431 g/mol. The molecule has 1 N–H and O–H groups in total. The molecular formula is C25H19ClN2O3. The van der Waals surface area contributed by atoms with E-state index in [1.807, 2.05) is 72.8 Å². The number of rotatable bonds is 7. The van der Waals surface area contributed by atoms with E-state index in [4.69, 9.17) is 20.8 Å². The molecule has 4 rings (SSSR count). The molecule has 1 heterocycles. The Kier molecular flexibility index (Phi) is 6.45. The zero-order valence-electron chi connectivity index (χ0n) is 16.5. The number of nitrogens with one attached hydrogen (secondary N) is 1. The van der Waals surface area contributed by atoms with E-state index in [-0.39, 0.29) is 12.5 Å². The summed E-state index contributed by atoms with van der Waals surface area (Å²) in [7, 11) is 0. The minimum absolute atomic E-state index is 0.148. The molecule has 6 heteroatoms. The standard InChI is InChI=1S/C25H19ClN2O3/c26-23-9-5-4-8-22(23)24-15-14-21(31-24)16-27-28-25(29)17-30-20-12-10-19(11-13-20)18-6-2-1-3-7-18/h1-16H,17H2,(H,28,29)/b27-16+. The van der Waals surface area contributed by atoms with E-state index in [9.17, 15) is 4.79 Å². The van der Waals surface area contributed by atoms with Crippen LogP contribution in [0.2, 0.25) is 5.02 Å². The van der Waals surface area contributed by atoms with Gasteiger partial charge in [-0.1, -0.05) is 66.2 Å². The number of carbonyl (C=O) groups excluding carboxylic acids is 1. The van der Waals surface area contributed by atoms with Crippen molar-refractivity contribution in [1.29, 1.82) is 0 Å². The van der Waals surface area contributed by atoms with E-state index in [2.05, 4.69) is 10.5 Å². The quantitative estimate of drug-likeness (QED) is 0.298. The van der Waals surface area contributed by atoms with Crippen LogP contribution in [0.1, 0.15) is 5.76 Å². The topological polar surface area (TPSA) is 63.8 Å². The fraction of sp³-hybridized carbons (Fsp3) is 0.0400. The number of carbonyl (C=O) groups is 1. The Morgan fingerprint density at radius 3 is 2.39 bits per heavy atom. The molecule has 4 aromatic rings. The van der Waals surface area contributed by atoms with Crippen LogP contribution < -0.4 is 10.2 Å². The third-order valence-electron chi connectivity index (χ3n) is 4.48. The smallest absolute Gasteiger partial charge is 0.277 e. The number of amides is 1. The summed E-state index contributed by atoms with van der Waals surface area (Å²) in [5.74, 6) is 1.35. The van der Waals surface area contributed by atoms with Gasteiger partial charge in [-0.15, -0.1) is 0 Å². The Bertz CT molecular complexity index is 1180. The third kappa shape index (κ3) is 5.41. The predicted molar refractivity (Wildman–Crippen MR) is 122 cm³/mol. The molecule has 0 atom stereocenters. The summed E-state index contributed by atoms with van der Waals surface area (Å²) in [6.45, 7) is -0.148. The molecule has 0 aliphatic heterocycles. The van der Waals surface area contributed by atoms with Crippen LogP contribution in [0.5, 0.6) is 5.75 Å². The van der Waals surface area contributed by atoms with E-state index in [1.54, 1.807) is 18.2 Å². The Labute approximate surface area is 184 Å². The summed E-state index contributed by atoms with van der Waals surface area (Å²) in [6.07, 6.45) is 1.42. The van der Waals surface area contributed by atoms with Gasteiger partial charge >= 0.3 is 0 Å². The molecular weight excluding hydrogens is 412 g/mol. The van der Waals surface area contributed by atoms with E-state index >= 15 is 0 Å². The zero-order valence-corrected chi connectivity index (χ0v) is 17.3. The molecule has 5 nitrogen and oxygen atoms in total. The summed E-state index contributed by atoms with van der Waals surface area (Å²) in [4.78, 5) is 12.0. The van der Waals surface area contributed by atoms with E-state index in [0.717, 1.165) is 16.7 Å². The number of hydrazone groups is 1. The number of ether oxygens (including phenoxy) is 1. The van der Waals surface area contributed by atoms with Crippen LogP contribution in [0.3, 0.4) is 0 Å². The Morgan fingerprint density at radius 2 is 1.61 bits per heavy atom. The van der Waals surface area contributed by atoms with Crippen LogP contribution in [0.4, 0.5) is 0 Å². The van der Waals surface area contributed by atoms with Crippen LogP contribution in [0.25, 0.3) is 22.5 Å². The van der Waals surface area contributed by atoms with Crippen LogP contribution in [-0.4, -0.2) is 18.7 Å². The maximum atomic E-state index is 12.0. The Balaban J connectivity index is 1.27. The first-order chi connectivity index (χ1) is 15.2. The molecule has 0 aliphatic rings. The maximum Gasteiger partial charge on any atom is 0.277 e. The van der Waals surface area contributed by atoms with Gasteiger partial charge in [0, 0.05) is 5.56 Å². The van der Waals surface area contributed by atoms with Crippen LogP contribution in [-0.2, 0) is 4.79 Å². The molecule has 0 aliphatic carbocycles. The molecule has 1 aromatic heterocycles. The zero-order chi connectivity index (χ0) is 21.5. The van der Waals surface area contributed by atoms with Gasteiger partial charge in [-0.05, 0) is 47.5 Å². The monoisotopic (exact) mass is 430 g/mol. The summed E-state index contributed by atoms with van der Waals surface area (Å²) in [6, 6.07) is 28.6. The first kappa shape index (κ1) is 20.4. The Morgan fingerprint density at radius 1 is 0.903 bits per heavy atom. The second-order valence-electron chi connectivity index (χ2n) is 6.65. The van der Waals surface area contributed by atoms with Gasteiger partial charge in [0.25, 0.3) is 5.91 Å². The number of halogens is 1. The number of benzene rings is 3.